The van der Waals surface area contributed by atoms with Gasteiger partial charge in [0.1, 0.15) is 0 Å². The highest BCUT2D eigenvalue weighted by Gasteiger charge is 2.08. The molecule has 0 saturated heterocycles. The van der Waals surface area contributed by atoms with Crippen LogP contribution in [-0.2, 0) is 7.05 Å². The van der Waals surface area contributed by atoms with Gasteiger partial charge in [0.05, 0.1) is 28.5 Å². The summed E-state index contributed by atoms with van der Waals surface area (Å²) >= 11 is 0. The van der Waals surface area contributed by atoms with Crippen LogP contribution in [0.25, 0.3) is 33.1 Å². The summed E-state index contributed by atoms with van der Waals surface area (Å²) in [5.41, 5.74) is 2.69. The van der Waals surface area contributed by atoms with E-state index in [0.717, 1.165) is 10.9 Å². The molecule has 1 N–H and O–H groups in total. The third kappa shape index (κ3) is 2.53. The number of aromatic carboxylic acids is 1. The maximum atomic E-state index is 12.1. The van der Waals surface area contributed by atoms with Gasteiger partial charge in [-0.1, -0.05) is 6.07 Å². The van der Waals surface area contributed by atoms with E-state index in [0.29, 0.717) is 22.1 Å². The number of aryl methyl sites for hydroxylation is 1. The van der Waals surface area contributed by atoms with Crippen molar-refractivity contribution in [2.24, 2.45) is 7.05 Å². The quantitative estimate of drug-likeness (QED) is 0.610. The van der Waals surface area contributed by atoms with E-state index in [9.17, 15) is 9.59 Å². The largest absolute Gasteiger partial charge is 0.478 e. The minimum atomic E-state index is -1.00. The molecule has 122 valence electrons. The first-order valence-electron chi connectivity index (χ1n) is 7.63. The molecule has 25 heavy (non-hydrogen) atoms. The van der Waals surface area contributed by atoms with Crippen LogP contribution in [0.15, 0.2) is 59.7 Å². The first-order valence-corrected chi connectivity index (χ1v) is 7.63. The summed E-state index contributed by atoms with van der Waals surface area (Å²) in [5.74, 6) is -1.00. The van der Waals surface area contributed by atoms with Gasteiger partial charge in [-0.3, -0.25) is 9.78 Å². The average Bonchev–Trinajstić information content (AvgIpc) is 2.63. The minimum Gasteiger partial charge on any atom is -0.478 e. The molecule has 2 heterocycles. The normalized spacial score (nSPS) is 11.1. The first kappa shape index (κ1) is 15.0. The molecule has 6 nitrogen and oxygen atoms in total. The predicted octanol–water partition coefficient (Wildman–Crippen LogP) is 2.85. The zero-order valence-electron chi connectivity index (χ0n) is 13.3. The Morgan fingerprint density at radius 3 is 2.72 bits per heavy atom. The van der Waals surface area contributed by atoms with Crippen LogP contribution in [0.3, 0.4) is 0 Å². The molecule has 0 aliphatic rings. The Morgan fingerprint density at radius 2 is 1.92 bits per heavy atom. The molecule has 4 rings (SSSR count). The second kappa shape index (κ2) is 5.52. The number of rotatable bonds is 2. The molecule has 0 spiro atoms. The van der Waals surface area contributed by atoms with Crippen molar-refractivity contribution in [1.82, 2.24) is 14.5 Å². The molecule has 2 aromatic heterocycles. The molecular formula is C19H13N3O3. The molecule has 0 aliphatic heterocycles. The van der Waals surface area contributed by atoms with Gasteiger partial charge in [0.15, 0.2) is 0 Å². The highest BCUT2D eigenvalue weighted by molar-refractivity contribution is 5.92. The van der Waals surface area contributed by atoms with E-state index in [4.69, 9.17) is 5.11 Å². The standard InChI is InChI=1S/C19H13N3O3/c1-22-7-6-11-8-12(2-4-14(11)18(22)23)17-10-20-15-5-3-13(19(24)25)9-16(15)21-17/h2-10H,1H3,(H,24,25). The van der Waals surface area contributed by atoms with Crippen molar-refractivity contribution in [3.63, 3.8) is 0 Å². The fourth-order valence-electron chi connectivity index (χ4n) is 2.79. The number of hydrogen-bond donors (Lipinski definition) is 1. The van der Waals surface area contributed by atoms with Crippen LogP contribution in [0.2, 0.25) is 0 Å². The number of hydrogen-bond acceptors (Lipinski definition) is 4. The molecule has 0 atom stereocenters. The summed E-state index contributed by atoms with van der Waals surface area (Å²) in [6.07, 6.45) is 3.37. The van der Waals surface area contributed by atoms with Crippen LogP contribution in [0.5, 0.6) is 0 Å². The minimum absolute atomic E-state index is 0.0558. The summed E-state index contributed by atoms with van der Waals surface area (Å²) in [6.45, 7) is 0. The van der Waals surface area contributed by atoms with E-state index < -0.39 is 5.97 Å². The van der Waals surface area contributed by atoms with Crippen LogP contribution in [0.1, 0.15) is 10.4 Å². The van der Waals surface area contributed by atoms with Crippen LogP contribution < -0.4 is 5.56 Å². The van der Waals surface area contributed by atoms with Gasteiger partial charge in [0.2, 0.25) is 0 Å². The van der Waals surface area contributed by atoms with E-state index in [1.807, 2.05) is 18.2 Å². The van der Waals surface area contributed by atoms with Crippen LogP contribution in [0, 0.1) is 0 Å². The van der Waals surface area contributed by atoms with Gasteiger partial charge >= 0.3 is 5.97 Å². The van der Waals surface area contributed by atoms with Gasteiger partial charge in [0.25, 0.3) is 5.56 Å². The molecule has 0 fully saturated rings. The number of carbonyl (C=O) groups is 1. The molecule has 2 aromatic carbocycles. The average molecular weight is 331 g/mol. The van der Waals surface area contributed by atoms with Crippen molar-refractivity contribution in [2.45, 2.75) is 0 Å². The predicted molar refractivity (Wildman–Crippen MR) is 94.7 cm³/mol. The highest BCUT2D eigenvalue weighted by atomic mass is 16.4. The number of pyridine rings is 1. The van der Waals surface area contributed by atoms with Crippen molar-refractivity contribution in [1.29, 1.82) is 0 Å². The lowest BCUT2D eigenvalue weighted by molar-refractivity contribution is 0.0697. The second-order valence-corrected chi connectivity index (χ2v) is 5.80. The van der Waals surface area contributed by atoms with Gasteiger partial charge in [-0.15, -0.1) is 0 Å². The van der Waals surface area contributed by atoms with E-state index in [1.54, 1.807) is 31.6 Å². The Hall–Kier alpha value is -3.54. The topological polar surface area (TPSA) is 85.1 Å². The van der Waals surface area contributed by atoms with Crippen molar-refractivity contribution in [3.8, 4) is 11.3 Å². The zero-order valence-corrected chi connectivity index (χ0v) is 13.3. The van der Waals surface area contributed by atoms with Gasteiger partial charge in [-0.25, -0.2) is 9.78 Å². The highest BCUT2D eigenvalue weighted by Crippen LogP contribution is 2.23. The molecule has 0 amide bonds. The number of carboxylic acids is 1. The Kier molecular flexibility index (Phi) is 3.32. The zero-order chi connectivity index (χ0) is 17.6. The second-order valence-electron chi connectivity index (χ2n) is 5.80. The summed E-state index contributed by atoms with van der Waals surface area (Å²) in [5, 5.41) is 10.6. The first-order chi connectivity index (χ1) is 12.0. The number of nitrogens with zero attached hydrogens (tertiary/aromatic N) is 3. The third-order valence-electron chi connectivity index (χ3n) is 4.16. The van der Waals surface area contributed by atoms with E-state index in [-0.39, 0.29) is 11.1 Å². The van der Waals surface area contributed by atoms with Crippen molar-refractivity contribution >= 4 is 27.8 Å². The van der Waals surface area contributed by atoms with Crippen molar-refractivity contribution in [2.75, 3.05) is 0 Å². The lowest BCUT2D eigenvalue weighted by Gasteiger charge is -2.06. The van der Waals surface area contributed by atoms with Crippen molar-refractivity contribution in [3.05, 3.63) is 70.8 Å². The number of carboxylic acid groups (broad SMARTS) is 1. The molecule has 4 aromatic rings. The molecule has 0 saturated carbocycles. The smallest absolute Gasteiger partial charge is 0.335 e. The lowest BCUT2D eigenvalue weighted by Crippen LogP contribution is -2.15. The Labute approximate surface area is 142 Å². The number of fused-ring (bicyclic) bond motifs is 2. The number of benzene rings is 2. The summed E-state index contributed by atoms with van der Waals surface area (Å²) < 4.78 is 1.53. The SMILES string of the molecule is Cn1ccc2cc(-c3cnc4ccc(C(=O)O)cc4n3)ccc2c1=O. The third-order valence-corrected chi connectivity index (χ3v) is 4.16. The molecule has 0 bridgehead atoms. The van der Waals surface area contributed by atoms with Gasteiger partial charge in [0, 0.05) is 24.2 Å². The van der Waals surface area contributed by atoms with E-state index >= 15 is 0 Å². The summed E-state index contributed by atoms with van der Waals surface area (Å²) in [7, 11) is 1.71. The lowest BCUT2D eigenvalue weighted by atomic mass is 10.1. The molecule has 0 aliphatic carbocycles. The maximum absolute atomic E-state index is 12.1. The fraction of sp³-hybridized carbons (Fsp3) is 0.0526. The Morgan fingerprint density at radius 1 is 1.08 bits per heavy atom. The Balaban J connectivity index is 1.88. The summed E-state index contributed by atoms with van der Waals surface area (Å²) in [6, 6.07) is 12.0. The van der Waals surface area contributed by atoms with Gasteiger partial charge < -0.3 is 9.67 Å². The van der Waals surface area contributed by atoms with Gasteiger partial charge in [-0.2, -0.15) is 0 Å². The van der Waals surface area contributed by atoms with E-state index in [1.165, 1.54) is 16.7 Å². The Bertz CT molecular complexity index is 1210. The molecule has 0 radical (unpaired) electrons. The van der Waals surface area contributed by atoms with Crippen LogP contribution >= 0.6 is 0 Å². The van der Waals surface area contributed by atoms with Gasteiger partial charge in [-0.05, 0) is 41.8 Å². The van der Waals surface area contributed by atoms with E-state index in [2.05, 4.69) is 9.97 Å². The molecule has 0 unspecified atom stereocenters. The van der Waals surface area contributed by atoms with Crippen LogP contribution in [0.4, 0.5) is 0 Å². The molecular weight excluding hydrogens is 318 g/mol. The number of aromatic nitrogens is 3. The molecule has 6 heteroatoms. The van der Waals surface area contributed by atoms with Crippen LogP contribution in [-0.4, -0.2) is 25.6 Å². The fourth-order valence-corrected chi connectivity index (χ4v) is 2.79. The van der Waals surface area contributed by atoms with Crippen molar-refractivity contribution < 1.29 is 9.90 Å². The summed E-state index contributed by atoms with van der Waals surface area (Å²) in [4.78, 5) is 32.1. The maximum Gasteiger partial charge on any atom is 0.335 e. The monoisotopic (exact) mass is 331 g/mol.